The van der Waals surface area contributed by atoms with E-state index in [4.69, 9.17) is 9.47 Å². The standard InChI is InChI=1S/C18H18N2O4/c1-18(17(22)20-14-8-3-4-9-15(14)24-18)16(21)19-11-12-6-5-7-13(10-12)23-2/h3-10H,11H2,1-2H3,(H,19,21)(H,20,22)/t18-/m1/s1. The average molecular weight is 326 g/mol. The van der Waals surface area contributed by atoms with Crippen LogP contribution in [0.1, 0.15) is 12.5 Å². The minimum atomic E-state index is -1.62. The van der Waals surface area contributed by atoms with Gasteiger partial charge in [0.1, 0.15) is 11.5 Å². The monoisotopic (exact) mass is 326 g/mol. The van der Waals surface area contributed by atoms with Gasteiger partial charge in [-0.2, -0.15) is 0 Å². The summed E-state index contributed by atoms with van der Waals surface area (Å²) < 4.78 is 10.8. The van der Waals surface area contributed by atoms with Crippen molar-refractivity contribution in [1.82, 2.24) is 5.32 Å². The fourth-order valence-corrected chi connectivity index (χ4v) is 2.45. The average Bonchev–Trinajstić information content (AvgIpc) is 2.60. The maximum atomic E-state index is 12.5. The quantitative estimate of drug-likeness (QED) is 0.844. The molecule has 0 radical (unpaired) electrons. The number of carbonyl (C=O) groups is 2. The molecule has 1 atom stereocenters. The molecule has 6 nitrogen and oxygen atoms in total. The van der Waals surface area contributed by atoms with E-state index in [0.29, 0.717) is 17.2 Å². The van der Waals surface area contributed by atoms with E-state index in [1.165, 1.54) is 6.92 Å². The molecule has 24 heavy (non-hydrogen) atoms. The van der Waals surface area contributed by atoms with E-state index >= 15 is 0 Å². The van der Waals surface area contributed by atoms with Gasteiger partial charge in [-0.3, -0.25) is 9.59 Å². The largest absolute Gasteiger partial charge is 0.497 e. The molecule has 0 saturated heterocycles. The molecule has 0 fully saturated rings. The molecule has 1 heterocycles. The van der Waals surface area contributed by atoms with Crippen molar-refractivity contribution >= 4 is 17.5 Å². The predicted octanol–water partition coefficient (Wildman–Crippen LogP) is 2.10. The number of anilines is 1. The molecule has 2 aromatic carbocycles. The summed E-state index contributed by atoms with van der Waals surface area (Å²) in [5, 5.41) is 5.44. The second-order valence-corrected chi connectivity index (χ2v) is 5.62. The first kappa shape index (κ1) is 15.9. The molecular formula is C18H18N2O4. The zero-order valence-corrected chi connectivity index (χ0v) is 13.5. The Labute approximate surface area is 139 Å². The number of carbonyl (C=O) groups excluding carboxylic acids is 2. The third kappa shape index (κ3) is 2.90. The molecule has 0 bridgehead atoms. The zero-order valence-electron chi connectivity index (χ0n) is 13.5. The number of nitrogens with one attached hydrogen (secondary N) is 2. The van der Waals surface area contributed by atoms with Crippen molar-refractivity contribution in [2.24, 2.45) is 0 Å². The Morgan fingerprint density at radius 1 is 1.25 bits per heavy atom. The van der Waals surface area contributed by atoms with E-state index in [2.05, 4.69) is 10.6 Å². The van der Waals surface area contributed by atoms with E-state index in [1.54, 1.807) is 31.4 Å². The lowest BCUT2D eigenvalue weighted by atomic mass is 10.0. The predicted molar refractivity (Wildman–Crippen MR) is 88.9 cm³/mol. The third-order valence-corrected chi connectivity index (χ3v) is 3.90. The van der Waals surface area contributed by atoms with Crippen LogP contribution in [0.5, 0.6) is 11.5 Å². The summed E-state index contributed by atoms with van der Waals surface area (Å²) in [6.07, 6.45) is 0. The maximum absolute atomic E-state index is 12.5. The molecule has 0 unspecified atom stereocenters. The number of fused-ring (bicyclic) bond motifs is 1. The summed E-state index contributed by atoms with van der Waals surface area (Å²) in [4.78, 5) is 24.9. The minimum Gasteiger partial charge on any atom is -0.497 e. The minimum absolute atomic E-state index is 0.268. The van der Waals surface area contributed by atoms with Crippen molar-refractivity contribution in [2.45, 2.75) is 19.1 Å². The van der Waals surface area contributed by atoms with E-state index in [-0.39, 0.29) is 6.54 Å². The number of rotatable bonds is 4. The lowest BCUT2D eigenvalue weighted by molar-refractivity contribution is -0.146. The van der Waals surface area contributed by atoms with Crippen molar-refractivity contribution in [3.8, 4) is 11.5 Å². The Kier molecular flexibility index (Phi) is 4.12. The lowest BCUT2D eigenvalue weighted by Gasteiger charge is -2.33. The molecule has 1 aliphatic rings. The number of hydrogen-bond donors (Lipinski definition) is 2. The Hall–Kier alpha value is -3.02. The van der Waals surface area contributed by atoms with E-state index < -0.39 is 17.4 Å². The van der Waals surface area contributed by atoms with Gasteiger partial charge in [-0.15, -0.1) is 0 Å². The number of amides is 2. The van der Waals surface area contributed by atoms with E-state index in [0.717, 1.165) is 5.56 Å². The number of ether oxygens (including phenoxy) is 2. The van der Waals surface area contributed by atoms with Gasteiger partial charge in [0.2, 0.25) is 0 Å². The first-order valence-corrected chi connectivity index (χ1v) is 7.53. The van der Waals surface area contributed by atoms with Crippen LogP contribution < -0.4 is 20.1 Å². The van der Waals surface area contributed by atoms with Gasteiger partial charge in [-0.1, -0.05) is 24.3 Å². The Morgan fingerprint density at radius 3 is 2.83 bits per heavy atom. The Bertz CT molecular complexity index is 790. The van der Waals surface area contributed by atoms with Crippen LogP contribution in [0, 0.1) is 0 Å². The highest BCUT2D eigenvalue weighted by atomic mass is 16.5. The van der Waals surface area contributed by atoms with Gasteiger partial charge >= 0.3 is 0 Å². The maximum Gasteiger partial charge on any atom is 0.278 e. The molecule has 2 aromatic rings. The second kappa shape index (κ2) is 6.23. The van der Waals surface area contributed by atoms with Crippen LogP contribution >= 0.6 is 0 Å². The number of hydrogen-bond acceptors (Lipinski definition) is 4. The summed E-state index contributed by atoms with van der Waals surface area (Å²) in [6.45, 7) is 1.73. The smallest absolute Gasteiger partial charge is 0.278 e. The summed E-state index contributed by atoms with van der Waals surface area (Å²) in [5.41, 5.74) is -0.198. The Morgan fingerprint density at radius 2 is 2.04 bits per heavy atom. The van der Waals surface area contributed by atoms with Crippen molar-refractivity contribution in [1.29, 1.82) is 0 Å². The molecule has 0 saturated carbocycles. The zero-order chi connectivity index (χ0) is 17.2. The SMILES string of the molecule is COc1cccc(CNC(=O)[C@@]2(C)Oc3ccccc3NC2=O)c1. The van der Waals surface area contributed by atoms with Crippen molar-refractivity contribution < 1.29 is 19.1 Å². The molecule has 6 heteroatoms. The van der Waals surface area contributed by atoms with Gasteiger partial charge in [0.15, 0.2) is 0 Å². The highest BCUT2D eigenvalue weighted by molar-refractivity contribution is 6.15. The van der Waals surface area contributed by atoms with Gasteiger partial charge < -0.3 is 20.1 Å². The number of para-hydroxylation sites is 2. The molecule has 124 valence electrons. The molecule has 1 aliphatic heterocycles. The molecular weight excluding hydrogens is 308 g/mol. The van der Waals surface area contributed by atoms with Crippen LogP contribution in [0.15, 0.2) is 48.5 Å². The fourth-order valence-electron chi connectivity index (χ4n) is 2.45. The molecule has 0 aliphatic carbocycles. The summed E-state index contributed by atoms with van der Waals surface area (Å²) in [6, 6.07) is 14.3. The van der Waals surface area contributed by atoms with Crippen LogP contribution in [0.3, 0.4) is 0 Å². The lowest BCUT2D eigenvalue weighted by Crippen LogP contribution is -2.58. The van der Waals surface area contributed by atoms with Crippen LogP contribution in [0.4, 0.5) is 5.69 Å². The number of methoxy groups -OCH3 is 1. The normalized spacial score (nSPS) is 18.8. The molecule has 0 aromatic heterocycles. The Balaban J connectivity index is 1.73. The van der Waals surface area contributed by atoms with Gasteiger partial charge in [0.05, 0.1) is 12.8 Å². The molecule has 3 rings (SSSR count). The highest BCUT2D eigenvalue weighted by Crippen LogP contribution is 2.33. The third-order valence-electron chi connectivity index (χ3n) is 3.90. The highest BCUT2D eigenvalue weighted by Gasteiger charge is 2.47. The van der Waals surface area contributed by atoms with Crippen molar-refractivity contribution in [3.63, 3.8) is 0 Å². The molecule has 2 N–H and O–H groups in total. The first-order valence-electron chi connectivity index (χ1n) is 7.53. The molecule has 2 amide bonds. The van der Waals surface area contributed by atoms with Gasteiger partial charge in [0.25, 0.3) is 17.4 Å². The van der Waals surface area contributed by atoms with E-state index in [1.807, 2.05) is 24.3 Å². The summed E-state index contributed by atoms with van der Waals surface area (Å²) in [7, 11) is 1.58. The summed E-state index contributed by atoms with van der Waals surface area (Å²) in [5.74, 6) is 0.173. The van der Waals surface area contributed by atoms with Crippen LogP contribution in [-0.2, 0) is 16.1 Å². The van der Waals surface area contributed by atoms with Crippen LogP contribution in [0.25, 0.3) is 0 Å². The number of benzene rings is 2. The van der Waals surface area contributed by atoms with Gasteiger partial charge in [-0.25, -0.2) is 0 Å². The fraction of sp³-hybridized carbons (Fsp3) is 0.222. The van der Waals surface area contributed by atoms with Crippen molar-refractivity contribution in [3.05, 3.63) is 54.1 Å². The van der Waals surface area contributed by atoms with Crippen LogP contribution in [-0.4, -0.2) is 24.5 Å². The topological polar surface area (TPSA) is 76.7 Å². The first-order chi connectivity index (χ1) is 11.5. The summed E-state index contributed by atoms with van der Waals surface area (Å²) >= 11 is 0. The van der Waals surface area contributed by atoms with Crippen molar-refractivity contribution in [2.75, 3.05) is 12.4 Å². The van der Waals surface area contributed by atoms with Gasteiger partial charge in [0, 0.05) is 6.54 Å². The van der Waals surface area contributed by atoms with E-state index in [9.17, 15) is 9.59 Å². The second-order valence-electron chi connectivity index (χ2n) is 5.62. The van der Waals surface area contributed by atoms with Crippen LogP contribution in [0.2, 0.25) is 0 Å². The van der Waals surface area contributed by atoms with Gasteiger partial charge in [-0.05, 0) is 36.8 Å². The molecule has 0 spiro atoms.